The predicted molar refractivity (Wildman–Crippen MR) is 112 cm³/mol. The summed E-state index contributed by atoms with van der Waals surface area (Å²) in [5, 5.41) is 0. The van der Waals surface area contributed by atoms with E-state index >= 15 is 0 Å². The molecule has 0 aromatic heterocycles. The molecule has 1 aliphatic carbocycles. The number of anilines is 1. The van der Waals surface area contributed by atoms with Crippen molar-refractivity contribution in [2.45, 2.75) is 55.9 Å². The number of hydrogen-bond donors (Lipinski definition) is 0. The minimum atomic E-state index is -0.431. The van der Waals surface area contributed by atoms with Crippen molar-refractivity contribution in [3.63, 3.8) is 0 Å². The second kappa shape index (κ2) is 9.20. The number of para-hydroxylation sites is 1. The quantitative estimate of drug-likeness (QED) is 0.690. The number of esters is 1. The molecule has 2 amide bonds. The van der Waals surface area contributed by atoms with E-state index in [4.69, 9.17) is 4.74 Å². The first-order valence-electron chi connectivity index (χ1n) is 10.6. The lowest BCUT2D eigenvalue weighted by atomic mass is 9.78. The van der Waals surface area contributed by atoms with Gasteiger partial charge in [0.05, 0.1) is 17.9 Å². The Balaban J connectivity index is 1.27. The fourth-order valence-electron chi connectivity index (χ4n) is 4.83. The first-order chi connectivity index (χ1) is 14.1. The molecule has 1 aromatic carbocycles. The van der Waals surface area contributed by atoms with Gasteiger partial charge in [-0.3, -0.25) is 14.4 Å². The molecule has 2 fully saturated rings. The molecule has 0 radical (unpaired) electrons. The fraction of sp³-hybridized carbons (Fsp3) is 0.591. The van der Waals surface area contributed by atoms with Gasteiger partial charge in [0.1, 0.15) is 0 Å². The van der Waals surface area contributed by atoms with Crippen LogP contribution in [0.25, 0.3) is 0 Å². The molecule has 29 heavy (non-hydrogen) atoms. The first-order valence-corrected chi connectivity index (χ1v) is 11.6. The standard InChI is InChI=1S/C22H28N2O4S/c25-20(23-12-5-7-16-6-1-2-8-17(16)23)14-28-22(27)11-13-24-18-9-3-4-10-19(18)29-15-21(24)26/h3-4,9-10,16-17H,1-2,5-8,11-15H2/t16-,17+/m1/s1. The molecule has 2 aliphatic heterocycles. The number of amides is 2. The second-order valence-corrected chi connectivity index (χ2v) is 9.07. The maximum atomic E-state index is 12.7. The highest BCUT2D eigenvalue weighted by molar-refractivity contribution is 8.00. The maximum Gasteiger partial charge on any atom is 0.308 e. The van der Waals surface area contributed by atoms with Crippen LogP contribution in [-0.4, -0.2) is 54.2 Å². The van der Waals surface area contributed by atoms with Gasteiger partial charge in [0, 0.05) is 24.0 Å². The predicted octanol–water partition coefficient (Wildman–Crippen LogP) is 3.24. The molecule has 2 heterocycles. The Kier molecular flexibility index (Phi) is 6.43. The summed E-state index contributed by atoms with van der Waals surface area (Å²) in [6.45, 7) is 0.856. The first kappa shape index (κ1) is 20.3. The molecule has 4 rings (SSSR count). The zero-order chi connectivity index (χ0) is 20.2. The fourth-order valence-corrected chi connectivity index (χ4v) is 5.77. The topological polar surface area (TPSA) is 66.9 Å². The number of rotatable bonds is 5. The molecule has 156 valence electrons. The van der Waals surface area contributed by atoms with Gasteiger partial charge in [0.2, 0.25) is 5.91 Å². The SMILES string of the molecule is O=C(CCN1C(=O)CSc2ccccc21)OCC(=O)N1CCC[C@H]2CCCC[C@@H]21. The highest BCUT2D eigenvalue weighted by atomic mass is 32.2. The molecule has 0 spiro atoms. The average molecular weight is 417 g/mol. The second-order valence-electron chi connectivity index (χ2n) is 8.05. The number of carbonyl (C=O) groups excluding carboxylic acids is 3. The van der Waals surface area contributed by atoms with Gasteiger partial charge in [-0.15, -0.1) is 11.8 Å². The van der Waals surface area contributed by atoms with Crippen molar-refractivity contribution in [3.8, 4) is 0 Å². The number of fused-ring (bicyclic) bond motifs is 2. The molecule has 0 bridgehead atoms. The average Bonchev–Trinajstić information content (AvgIpc) is 2.76. The maximum absolute atomic E-state index is 12.7. The Morgan fingerprint density at radius 1 is 1.10 bits per heavy atom. The van der Waals surface area contributed by atoms with E-state index in [1.54, 1.807) is 4.90 Å². The highest BCUT2D eigenvalue weighted by Gasteiger charge is 2.35. The summed E-state index contributed by atoms with van der Waals surface area (Å²) in [6, 6.07) is 8.03. The van der Waals surface area contributed by atoms with Crippen molar-refractivity contribution < 1.29 is 19.1 Å². The lowest BCUT2D eigenvalue weighted by molar-refractivity contribution is -0.154. The highest BCUT2D eigenvalue weighted by Crippen LogP contribution is 2.36. The van der Waals surface area contributed by atoms with Gasteiger partial charge in [-0.25, -0.2) is 0 Å². The van der Waals surface area contributed by atoms with Crippen LogP contribution in [-0.2, 0) is 19.1 Å². The van der Waals surface area contributed by atoms with Gasteiger partial charge in [-0.05, 0) is 43.7 Å². The molecular weight excluding hydrogens is 388 g/mol. The van der Waals surface area contributed by atoms with E-state index < -0.39 is 5.97 Å². The number of hydrogen-bond acceptors (Lipinski definition) is 5. The molecule has 2 atom stereocenters. The molecule has 1 saturated carbocycles. The smallest absolute Gasteiger partial charge is 0.308 e. The molecule has 1 aromatic rings. The van der Waals surface area contributed by atoms with E-state index in [9.17, 15) is 14.4 Å². The third-order valence-electron chi connectivity index (χ3n) is 6.27. The third-order valence-corrected chi connectivity index (χ3v) is 7.32. The number of likely N-dealkylation sites (tertiary alicyclic amines) is 1. The van der Waals surface area contributed by atoms with E-state index in [1.807, 2.05) is 29.2 Å². The molecular formula is C22H28N2O4S. The van der Waals surface area contributed by atoms with Gasteiger partial charge in [-0.2, -0.15) is 0 Å². The monoisotopic (exact) mass is 416 g/mol. The number of benzene rings is 1. The van der Waals surface area contributed by atoms with Gasteiger partial charge in [0.25, 0.3) is 5.91 Å². The van der Waals surface area contributed by atoms with E-state index in [-0.39, 0.29) is 31.4 Å². The summed E-state index contributed by atoms with van der Waals surface area (Å²) in [4.78, 5) is 41.8. The third kappa shape index (κ3) is 4.60. The summed E-state index contributed by atoms with van der Waals surface area (Å²) in [6.07, 6.45) is 7.04. The van der Waals surface area contributed by atoms with Crippen molar-refractivity contribution >= 4 is 35.2 Å². The number of piperidine rings is 1. The Labute approximate surface area is 175 Å². The normalized spacial score (nSPS) is 23.9. The molecule has 7 heteroatoms. The van der Waals surface area contributed by atoms with Crippen LogP contribution in [0.1, 0.15) is 44.9 Å². The number of nitrogens with zero attached hydrogens (tertiary/aromatic N) is 2. The van der Waals surface area contributed by atoms with Crippen molar-refractivity contribution in [3.05, 3.63) is 24.3 Å². The van der Waals surface area contributed by atoms with Crippen LogP contribution in [0.5, 0.6) is 0 Å². The molecule has 3 aliphatic rings. The van der Waals surface area contributed by atoms with Crippen molar-refractivity contribution in [1.82, 2.24) is 4.90 Å². The Morgan fingerprint density at radius 2 is 1.90 bits per heavy atom. The van der Waals surface area contributed by atoms with E-state index in [1.165, 1.54) is 37.4 Å². The van der Waals surface area contributed by atoms with Crippen LogP contribution >= 0.6 is 11.8 Å². The van der Waals surface area contributed by atoms with Crippen LogP contribution in [0.3, 0.4) is 0 Å². The van der Waals surface area contributed by atoms with E-state index in [0.717, 1.165) is 30.0 Å². The largest absolute Gasteiger partial charge is 0.456 e. The lowest BCUT2D eigenvalue weighted by Gasteiger charge is -2.44. The minimum Gasteiger partial charge on any atom is -0.456 e. The minimum absolute atomic E-state index is 0.00534. The van der Waals surface area contributed by atoms with E-state index in [2.05, 4.69) is 0 Å². The van der Waals surface area contributed by atoms with Crippen molar-refractivity contribution in [1.29, 1.82) is 0 Å². The number of ether oxygens (including phenoxy) is 1. The number of thioether (sulfide) groups is 1. The van der Waals surface area contributed by atoms with Crippen molar-refractivity contribution in [2.24, 2.45) is 5.92 Å². The van der Waals surface area contributed by atoms with Gasteiger partial charge in [0.15, 0.2) is 6.61 Å². The summed E-state index contributed by atoms with van der Waals surface area (Å²) in [7, 11) is 0. The van der Waals surface area contributed by atoms with E-state index in [0.29, 0.717) is 17.7 Å². The van der Waals surface area contributed by atoms with Crippen LogP contribution in [0, 0.1) is 5.92 Å². The zero-order valence-corrected chi connectivity index (χ0v) is 17.5. The summed E-state index contributed by atoms with van der Waals surface area (Å²) < 4.78 is 5.28. The summed E-state index contributed by atoms with van der Waals surface area (Å²) >= 11 is 1.52. The molecule has 1 saturated heterocycles. The lowest BCUT2D eigenvalue weighted by Crippen LogP contribution is -2.50. The summed E-state index contributed by atoms with van der Waals surface area (Å²) in [5.74, 6) is 0.474. The Morgan fingerprint density at radius 3 is 2.79 bits per heavy atom. The molecule has 6 nitrogen and oxygen atoms in total. The van der Waals surface area contributed by atoms with Gasteiger partial charge < -0.3 is 14.5 Å². The number of carbonyl (C=O) groups is 3. The summed E-state index contributed by atoms with van der Waals surface area (Å²) in [5.41, 5.74) is 0.842. The van der Waals surface area contributed by atoms with Crippen LogP contribution in [0.4, 0.5) is 5.69 Å². The molecule has 0 unspecified atom stereocenters. The zero-order valence-electron chi connectivity index (χ0n) is 16.7. The van der Waals surface area contributed by atoms with Crippen LogP contribution in [0.2, 0.25) is 0 Å². The Bertz CT molecular complexity index is 782. The van der Waals surface area contributed by atoms with Gasteiger partial charge >= 0.3 is 5.97 Å². The Hall–Kier alpha value is -2.02. The molecule has 0 N–H and O–H groups in total. The van der Waals surface area contributed by atoms with Crippen LogP contribution in [0.15, 0.2) is 29.2 Å². The van der Waals surface area contributed by atoms with Crippen LogP contribution < -0.4 is 4.90 Å². The van der Waals surface area contributed by atoms with Gasteiger partial charge in [-0.1, -0.05) is 25.0 Å². The van der Waals surface area contributed by atoms with Crippen molar-refractivity contribution in [2.75, 3.05) is 30.3 Å².